The molecule has 0 fully saturated rings. The van der Waals surface area contributed by atoms with Gasteiger partial charge in [0, 0.05) is 13.2 Å². The van der Waals surface area contributed by atoms with Crippen LogP contribution in [0.2, 0.25) is 0 Å². The lowest BCUT2D eigenvalue weighted by atomic mass is 10.1. The number of ether oxygens (including phenoxy) is 1. The molecule has 0 saturated heterocycles. The van der Waals surface area contributed by atoms with Gasteiger partial charge in [-0.1, -0.05) is 42.5 Å². The van der Waals surface area contributed by atoms with E-state index in [0.29, 0.717) is 13.0 Å². The van der Waals surface area contributed by atoms with E-state index >= 15 is 0 Å². The largest absolute Gasteiger partial charge is 0.417 e. The van der Waals surface area contributed by atoms with Gasteiger partial charge in [0.2, 0.25) is 0 Å². The van der Waals surface area contributed by atoms with E-state index in [1.807, 2.05) is 37.3 Å². The van der Waals surface area contributed by atoms with Gasteiger partial charge in [-0.3, -0.25) is 4.79 Å². The molecular weight excluding hydrogens is 331 g/mol. The van der Waals surface area contributed by atoms with Gasteiger partial charge in [0.15, 0.2) is 0 Å². The summed E-state index contributed by atoms with van der Waals surface area (Å²) in [5.41, 5.74) is -0.249. The van der Waals surface area contributed by atoms with Crippen LogP contribution in [0.3, 0.4) is 0 Å². The molecule has 2 aromatic carbocycles. The number of carbonyl (C=O) groups is 1. The summed E-state index contributed by atoms with van der Waals surface area (Å²) in [6.07, 6.45) is -4.12. The molecule has 3 nitrogen and oxygen atoms in total. The van der Waals surface area contributed by atoms with E-state index in [1.165, 1.54) is 18.2 Å². The standard InChI is InChI=1S/C19H20F3NO2/c1-14(15-8-3-2-4-9-15)25-13-7-12-23-18(24)16-10-5-6-11-17(16)19(20,21)22/h2-6,8-11,14H,7,12-13H2,1H3,(H,23,24). The Balaban J connectivity index is 1.78. The van der Waals surface area contributed by atoms with Gasteiger partial charge in [0.25, 0.3) is 5.91 Å². The smallest absolute Gasteiger partial charge is 0.374 e. The topological polar surface area (TPSA) is 38.3 Å². The fraction of sp³-hybridized carbons (Fsp3) is 0.316. The fourth-order valence-corrected chi connectivity index (χ4v) is 2.38. The fourth-order valence-electron chi connectivity index (χ4n) is 2.38. The summed E-state index contributed by atoms with van der Waals surface area (Å²) in [5, 5.41) is 2.51. The first-order valence-corrected chi connectivity index (χ1v) is 8.00. The summed E-state index contributed by atoms with van der Waals surface area (Å²) in [7, 11) is 0. The van der Waals surface area contributed by atoms with Gasteiger partial charge in [-0.25, -0.2) is 0 Å². The number of hydrogen-bond acceptors (Lipinski definition) is 2. The number of alkyl halides is 3. The Bertz CT molecular complexity index is 687. The number of carbonyl (C=O) groups excluding carboxylic acids is 1. The maximum absolute atomic E-state index is 12.9. The lowest BCUT2D eigenvalue weighted by molar-refractivity contribution is -0.137. The van der Waals surface area contributed by atoms with Crippen LogP contribution in [0.25, 0.3) is 0 Å². The SMILES string of the molecule is CC(OCCCNC(=O)c1ccccc1C(F)(F)F)c1ccccc1. The molecule has 1 amide bonds. The molecule has 0 bridgehead atoms. The summed E-state index contributed by atoms with van der Waals surface area (Å²) < 4.78 is 44.4. The third-order valence-electron chi connectivity index (χ3n) is 3.72. The van der Waals surface area contributed by atoms with Crippen LogP contribution in [0.4, 0.5) is 13.2 Å². The van der Waals surface area contributed by atoms with Crippen molar-refractivity contribution in [2.75, 3.05) is 13.2 Å². The van der Waals surface area contributed by atoms with Crippen LogP contribution in [-0.4, -0.2) is 19.1 Å². The van der Waals surface area contributed by atoms with Crippen LogP contribution in [0.15, 0.2) is 54.6 Å². The van der Waals surface area contributed by atoms with Crippen molar-refractivity contribution in [3.05, 3.63) is 71.3 Å². The molecule has 1 unspecified atom stereocenters. The average Bonchev–Trinajstić information content (AvgIpc) is 2.61. The van der Waals surface area contributed by atoms with Crippen molar-refractivity contribution in [1.29, 1.82) is 0 Å². The molecule has 0 aliphatic carbocycles. The van der Waals surface area contributed by atoms with Crippen molar-refractivity contribution in [2.45, 2.75) is 25.6 Å². The molecule has 2 aromatic rings. The first-order valence-electron chi connectivity index (χ1n) is 8.00. The monoisotopic (exact) mass is 351 g/mol. The number of benzene rings is 2. The molecule has 6 heteroatoms. The summed E-state index contributed by atoms with van der Waals surface area (Å²) in [4.78, 5) is 12.0. The summed E-state index contributed by atoms with van der Waals surface area (Å²) in [6, 6.07) is 14.4. The molecule has 0 saturated carbocycles. The van der Waals surface area contributed by atoms with Gasteiger partial charge in [-0.2, -0.15) is 13.2 Å². The number of hydrogen-bond donors (Lipinski definition) is 1. The molecule has 0 aliphatic rings. The number of nitrogens with one attached hydrogen (secondary N) is 1. The van der Waals surface area contributed by atoms with E-state index in [0.717, 1.165) is 11.6 Å². The average molecular weight is 351 g/mol. The van der Waals surface area contributed by atoms with Crippen LogP contribution in [0.1, 0.15) is 40.9 Å². The molecule has 134 valence electrons. The van der Waals surface area contributed by atoms with E-state index in [-0.39, 0.29) is 18.2 Å². The molecule has 0 radical (unpaired) electrons. The Morgan fingerprint density at radius 3 is 2.40 bits per heavy atom. The second kappa shape index (κ2) is 8.67. The van der Waals surface area contributed by atoms with Crippen molar-refractivity contribution in [1.82, 2.24) is 5.32 Å². The van der Waals surface area contributed by atoms with Gasteiger partial charge >= 0.3 is 6.18 Å². The Morgan fingerprint density at radius 1 is 1.08 bits per heavy atom. The Kier molecular flexibility index (Phi) is 6.58. The Morgan fingerprint density at radius 2 is 1.72 bits per heavy atom. The third kappa shape index (κ3) is 5.60. The highest BCUT2D eigenvalue weighted by molar-refractivity contribution is 5.95. The van der Waals surface area contributed by atoms with E-state index in [2.05, 4.69) is 5.32 Å². The highest BCUT2D eigenvalue weighted by atomic mass is 19.4. The first-order chi connectivity index (χ1) is 11.9. The van der Waals surface area contributed by atoms with Crippen molar-refractivity contribution < 1.29 is 22.7 Å². The van der Waals surface area contributed by atoms with Gasteiger partial charge in [0.1, 0.15) is 0 Å². The van der Waals surface area contributed by atoms with E-state index in [1.54, 1.807) is 0 Å². The quantitative estimate of drug-likeness (QED) is 0.740. The number of rotatable bonds is 7. The zero-order valence-corrected chi connectivity index (χ0v) is 13.8. The lowest BCUT2D eigenvalue weighted by Gasteiger charge is -2.14. The molecule has 0 spiro atoms. The first kappa shape index (κ1) is 19.0. The third-order valence-corrected chi connectivity index (χ3v) is 3.72. The van der Waals surface area contributed by atoms with Gasteiger partial charge in [-0.15, -0.1) is 0 Å². The summed E-state index contributed by atoms with van der Waals surface area (Å²) in [6.45, 7) is 2.57. The van der Waals surface area contributed by atoms with Crippen molar-refractivity contribution in [3.63, 3.8) is 0 Å². The van der Waals surface area contributed by atoms with E-state index in [4.69, 9.17) is 4.74 Å². The van der Waals surface area contributed by atoms with Crippen molar-refractivity contribution >= 4 is 5.91 Å². The summed E-state index contributed by atoms with van der Waals surface area (Å²) in [5.74, 6) is -0.732. The second-order valence-corrected chi connectivity index (χ2v) is 5.58. The molecule has 0 heterocycles. The molecule has 1 N–H and O–H groups in total. The van der Waals surface area contributed by atoms with Gasteiger partial charge in [-0.05, 0) is 31.0 Å². The van der Waals surface area contributed by atoms with E-state index < -0.39 is 17.6 Å². The predicted octanol–water partition coefficient (Wildman–Crippen LogP) is 4.60. The van der Waals surface area contributed by atoms with E-state index in [9.17, 15) is 18.0 Å². The zero-order valence-electron chi connectivity index (χ0n) is 13.8. The van der Waals surface area contributed by atoms with Gasteiger partial charge < -0.3 is 10.1 Å². The van der Waals surface area contributed by atoms with Crippen LogP contribution < -0.4 is 5.32 Å². The minimum atomic E-state index is -4.55. The molecule has 2 rings (SSSR count). The molecule has 0 aliphatic heterocycles. The number of amides is 1. The molecular formula is C19H20F3NO2. The summed E-state index contributed by atoms with van der Waals surface area (Å²) >= 11 is 0. The molecule has 1 atom stereocenters. The second-order valence-electron chi connectivity index (χ2n) is 5.58. The zero-order chi connectivity index (χ0) is 18.3. The van der Waals surface area contributed by atoms with Crippen molar-refractivity contribution in [2.24, 2.45) is 0 Å². The highest BCUT2D eigenvalue weighted by Gasteiger charge is 2.34. The van der Waals surface area contributed by atoms with Crippen LogP contribution in [0.5, 0.6) is 0 Å². The van der Waals surface area contributed by atoms with Crippen LogP contribution in [-0.2, 0) is 10.9 Å². The minimum Gasteiger partial charge on any atom is -0.374 e. The Labute approximate surface area is 144 Å². The maximum atomic E-state index is 12.9. The normalized spacial score (nSPS) is 12.6. The minimum absolute atomic E-state index is 0.0807. The predicted molar refractivity (Wildman–Crippen MR) is 89.2 cm³/mol. The van der Waals surface area contributed by atoms with Crippen LogP contribution >= 0.6 is 0 Å². The van der Waals surface area contributed by atoms with Crippen molar-refractivity contribution in [3.8, 4) is 0 Å². The molecule has 25 heavy (non-hydrogen) atoms. The van der Waals surface area contributed by atoms with Crippen LogP contribution in [0, 0.1) is 0 Å². The molecule has 0 aromatic heterocycles. The Hall–Kier alpha value is -2.34. The van der Waals surface area contributed by atoms with Gasteiger partial charge in [0.05, 0.1) is 17.2 Å². The maximum Gasteiger partial charge on any atom is 0.417 e. The lowest BCUT2D eigenvalue weighted by Crippen LogP contribution is -2.27. The number of halogens is 3. The highest BCUT2D eigenvalue weighted by Crippen LogP contribution is 2.31.